The molecule has 0 bridgehead atoms. The Kier molecular flexibility index (Phi) is 4.24. The fraction of sp³-hybridized carbons (Fsp3) is 0.174. The number of ketones is 1. The van der Waals surface area contributed by atoms with E-state index in [4.69, 9.17) is 0 Å². The molecule has 2 N–H and O–H groups in total. The van der Waals surface area contributed by atoms with E-state index in [1.54, 1.807) is 23.5 Å². The van der Waals surface area contributed by atoms with Crippen LogP contribution in [-0.2, 0) is 4.79 Å². The number of rotatable bonds is 2. The van der Waals surface area contributed by atoms with Crippen molar-refractivity contribution in [1.82, 2.24) is 0 Å². The number of anilines is 2. The molecule has 0 fully saturated rings. The van der Waals surface area contributed by atoms with Crippen LogP contribution in [0.5, 0.6) is 0 Å². The number of benzene rings is 2. The standard InChI is InChI=1S/C23H19FN2OS/c24-16-9-7-14(8-10-16)23-22-19(25-17-4-1-2-5-18(17)26-23)12-15(13-20(22)27)21-6-3-11-28-21/h1-11,15,23,25-26H,12-13H2. The molecule has 3 nitrogen and oxygen atoms in total. The molecule has 2 atom stereocenters. The van der Waals surface area contributed by atoms with E-state index in [-0.39, 0.29) is 23.6 Å². The van der Waals surface area contributed by atoms with E-state index in [1.807, 2.05) is 30.3 Å². The highest BCUT2D eigenvalue weighted by Crippen LogP contribution is 2.44. The van der Waals surface area contributed by atoms with Crippen molar-refractivity contribution in [2.75, 3.05) is 10.6 Å². The Hall–Kier alpha value is -2.92. The van der Waals surface area contributed by atoms with Crippen LogP contribution in [0.1, 0.15) is 35.2 Å². The molecule has 1 aliphatic carbocycles. The molecule has 1 aromatic heterocycles. The van der Waals surface area contributed by atoms with Gasteiger partial charge in [-0.25, -0.2) is 4.39 Å². The molecule has 0 radical (unpaired) electrons. The van der Waals surface area contributed by atoms with Gasteiger partial charge < -0.3 is 10.6 Å². The van der Waals surface area contributed by atoms with Crippen LogP contribution in [0.2, 0.25) is 0 Å². The van der Waals surface area contributed by atoms with Gasteiger partial charge in [0.05, 0.1) is 17.4 Å². The highest BCUT2D eigenvalue weighted by atomic mass is 32.1. The van der Waals surface area contributed by atoms with Gasteiger partial charge in [0.15, 0.2) is 5.78 Å². The third-order valence-corrected chi connectivity index (χ3v) is 6.49. The lowest BCUT2D eigenvalue weighted by atomic mass is 9.81. The third kappa shape index (κ3) is 3.02. The SMILES string of the molecule is O=C1CC(c2cccs2)CC2=C1C(c1ccc(F)cc1)Nc1ccccc1N2. The average molecular weight is 390 g/mol. The van der Waals surface area contributed by atoms with Gasteiger partial charge in [-0.2, -0.15) is 0 Å². The number of carbonyl (C=O) groups excluding carboxylic acids is 1. The average Bonchev–Trinajstić information content (AvgIpc) is 3.18. The van der Waals surface area contributed by atoms with Gasteiger partial charge in [-0.15, -0.1) is 11.3 Å². The van der Waals surface area contributed by atoms with Crippen molar-refractivity contribution in [3.05, 3.63) is 93.6 Å². The lowest BCUT2D eigenvalue weighted by Gasteiger charge is -2.29. The number of allylic oxidation sites excluding steroid dienone is 1. The molecular weight excluding hydrogens is 371 g/mol. The molecule has 1 aliphatic heterocycles. The van der Waals surface area contributed by atoms with Crippen LogP contribution >= 0.6 is 11.3 Å². The van der Waals surface area contributed by atoms with Gasteiger partial charge in [0.25, 0.3) is 0 Å². The maximum atomic E-state index is 13.5. The van der Waals surface area contributed by atoms with Gasteiger partial charge in [0, 0.05) is 28.5 Å². The summed E-state index contributed by atoms with van der Waals surface area (Å²) in [6, 6.07) is 18.2. The minimum absolute atomic E-state index is 0.141. The Morgan fingerprint density at radius 1 is 0.929 bits per heavy atom. The molecule has 5 heteroatoms. The van der Waals surface area contributed by atoms with E-state index in [2.05, 4.69) is 22.1 Å². The molecule has 0 saturated heterocycles. The van der Waals surface area contributed by atoms with E-state index in [1.165, 1.54) is 17.0 Å². The quantitative estimate of drug-likeness (QED) is 0.575. The van der Waals surface area contributed by atoms with Crippen molar-refractivity contribution in [2.24, 2.45) is 0 Å². The van der Waals surface area contributed by atoms with Gasteiger partial charge in [0.1, 0.15) is 5.82 Å². The number of thiophene rings is 1. The Morgan fingerprint density at radius 3 is 2.46 bits per heavy atom. The molecule has 0 saturated carbocycles. The fourth-order valence-electron chi connectivity index (χ4n) is 4.12. The Labute approximate surface area is 166 Å². The first-order chi connectivity index (χ1) is 13.7. The normalized spacial score (nSPS) is 21.2. The van der Waals surface area contributed by atoms with E-state index in [0.717, 1.165) is 34.6 Å². The summed E-state index contributed by atoms with van der Waals surface area (Å²) in [5.74, 6) is 0.0532. The molecule has 0 spiro atoms. The van der Waals surface area contributed by atoms with Gasteiger partial charge in [-0.1, -0.05) is 30.3 Å². The minimum atomic E-state index is -0.302. The molecule has 28 heavy (non-hydrogen) atoms. The number of hydrogen-bond donors (Lipinski definition) is 2. The van der Waals surface area contributed by atoms with Crippen molar-refractivity contribution >= 4 is 28.5 Å². The van der Waals surface area contributed by atoms with Gasteiger partial charge in [-0.05, 0) is 47.7 Å². The predicted molar refractivity (Wildman–Crippen MR) is 111 cm³/mol. The number of halogens is 1. The molecular formula is C23H19FN2OS. The lowest BCUT2D eigenvalue weighted by Crippen LogP contribution is -2.26. The summed E-state index contributed by atoms with van der Waals surface area (Å²) in [7, 11) is 0. The molecule has 5 rings (SSSR count). The zero-order chi connectivity index (χ0) is 19.1. The van der Waals surface area contributed by atoms with Crippen LogP contribution in [0.3, 0.4) is 0 Å². The first-order valence-corrected chi connectivity index (χ1v) is 10.2. The van der Waals surface area contributed by atoms with E-state index >= 15 is 0 Å². The fourth-order valence-corrected chi connectivity index (χ4v) is 4.95. The van der Waals surface area contributed by atoms with E-state index in [0.29, 0.717) is 6.42 Å². The highest BCUT2D eigenvalue weighted by Gasteiger charge is 2.36. The molecule has 140 valence electrons. The Morgan fingerprint density at radius 2 is 1.71 bits per heavy atom. The first kappa shape index (κ1) is 17.2. The van der Waals surface area contributed by atoms with E-state index in [9.17, 15) is 9.18 Å². The zero-order valence-corrected chi connectivity index (χ0v) is 15.9. The zero-order valence-electron chi connectivity index (χ0n) is 15.1. The van der Waals surface area contributed by atoms with E-state index < -0.39 is 0 Å². The monoisotopic (exact) mass is 390 g/mol. The summed E-state index contributed by atoms with van der Waals surface area (Å²) in [4.78, 5) is 14.5. The van der Waals surface area contributed by atoms with Crippen molar-refractivity contribution in [1.29, 1.82) is 0 Å². The third-order valence-electron chi connectivity index (χ3n) is 5.46. The smallest absolute Gasteiger partial charge is 0.163 e. The number of hydrogen-bond acceptors (Lipinski definition) is 4. The van der Waals surface area contributed by atoms with Crippen LogP contribution in [0.15, 0.2) is 77.3 Å². The largest absolute Gasteiger partial charge is 0.372 e. The first-order valence-electron chi connectivity index (χ1n) is 9.37. The summed E-state index contributed by atoms with van der Waals surface area (Å²) in [6.45, 7) is 0. The van der Waals surface area contributed by atoms with Crippen LogP contribution in [0.4, 0.5) is 15.8 Å². The van der Waals surface area contributed by atoms with Crippen molar-refractivity contribution in [2.45, 2.75) is 24.8 Å². The van der Waals surface area contributed by atoms with Crippen LogP contribution in [0.25, 0.3) is 0 Å². The molecule has 2 aliphatic rings. The number of Topliss-reactive ketones (excluding diaryl/α,β-unsaturated/α-hetero) is 1. The number of fused-ring (bicyclic) bond motifs is 1. The van der Waals surface area contributed by atoms with Gasteiger partial charge >= 0.3 is 0 Å². The second-order valence-corrected chi connectivity index (χ2v) is 8.21. The highest BCUT2D eigenvalue weighted by molar-refractivity contribution is 7.10. The molecule has 3 aromatic rings. The Balaban J connectivity index is 1.62. The number of para-hydroxylation sites is 2. The maximum absolute atomic E-state index is 13.5. The molecule has 0 amide bonds. The predicted octanol–water partition coefficient (Wildman–Crippen LogP) is 5.87. The maximum Gasteiger partial charge on any atom is 0.163 e. The number of carbonyl (C=O) groups is 1. The summed E-state index contributed by atoms with van der Waals surface area (Å²) in [6.07, 6.45) is 1.28. The molecule has 2 aromatic carbocycles. The molecule has 2 heterocycles. The van der Waals surface area contributed by atoms with Crippen molar-refractivity contribution in [3.63, 3.8) is 0 Å². The topological polar surface area (TPSA) is 41.1 Å². The summed E-state index contributed by atoms with van der Waals surface area (Å²) < 4.78 is 13.5. The van der Waals surface area contributed by atoms with Gasteiger partial charge in [-0.3, -0.25) is 4.79 Å². The van der Waals surface area contributed by atoms with Crippen LogP contribution < -0.4 is 10.6 Å². The Bertz CT molecular complexity index is 1060. The molecule has 2 unspecified atom stereocenters. The lowest BCUT2D eigenvalue weighted by molar-refractivity contribution is -0.116. The minimum Gasteiger partial charge on any atom is -0.372 e. The summed E-state index contributed by atoms with van der Waals surface area (Å²) in [5.41, 5.74) is 4.50. The van der Waals surface area contributed by atoms with Gasteiger partial charge in [0.2, 0.25) is 0 Å². The number of nitrogens with one attached hydrogen (secondary N) is 2. The van der Waals surface area contributed by atoms with Crippen molar-refractivity contribution in [3.8, 4) is 0 Å². The second kappa shape index (κ2) is 6.91. The summed E-state index contributed by atoms with van der Waals surface area (Å²) in [5, 5.41) is 9.09. The summed E-state index contributed by atoms with van der Waals surface area (Å²) >= 11 is 1.70. The second-order valence-electron chi connectivity index (χ2n) is 7.24. The van der Waals surface area contributed by atoms with Crippen LogP contribution in [0, 0.1) is 5.82 Å². The van der Waals surface area contributed by atoms with Crippen molar-refractivity contribution < 1.29 is 9.18 Å². The van der Waals surface area contributed by atoms with Crippen LogP contribution in [-0.4, -0.2) is 5.78 Å².